The Morgan fingerprint density at radius 3 is 2.31 bits per heavy atom. The minimum atomic E-state index is -4.75. The van der Waals surface area contributed by atoms with Gasteiger partial charge in [0.25, 0.3) is 0 Å². The van der Waals surface area contributed by atoms with Gasteiger partial charge in [0.15, 0.2) is 0 Å². The number of halogens is 4. The summed E-state index contributed by atoms with van der Waals surface area (Å²) < 4.78 is 53.6. The van der Waals surface area contributed by atoms with Crippen LogP contribution in [-0.2, 0) is 6.18 Å². The van der Waals surface area contributed by atoms with Crippen molar-refractivity contribution in [1.82, 2.24) is 0 Å². The van der Waals surface area contributed by atoms with Gasteiger partial charge in [0, 0.05) is 0 Å². The molecule has 0 unspecified atom stereocenters. The predicted molar refractivity (Wildman–Crippen MR) is 36.8 cm³/mol. The largest absolute Gasteiger partial charge is 0.496 e. The lowest BCUT2D eigenvalue weighted by Gasteiger charge is -2.11. The average molecular weight is 193 g/mol. The molecule has 0 amide bonds. The van der Waals surface area contributed by atoms with Gasteiger partial charge in [0.05, 0.1) is 7.11 Å². The van der Waals surface area contributed by atoms with Crippen LogP contribution in [0.1, 0.15) is 5.56 Å². The van der Waals surface area contributed by atoms with Gasteiger partial charge in [-0.05, 0) is 18.2 Å². The van der Waals surface area contributed by atoms with Crippen LogP contribution in [-0.4, -0.2) is 7.11 Å². The van der Waals surface area contributed by atoms with Crippen LogP contribution >= 0.6 is 0 Å². The maximum atomic E-state index is 12.7. The van der Waals surface area contributed by atoms with E-state index in [-0.39, 0.29) is 0 Å². The van der Waals surface area contributed by atoms with E-state index in [1.54, 1.807) is 0 Å². The van der Waals surface area contributed by atoms with Gasteiger partial charge in [0.2, 0.25) is 0 Å². The van der Waals surface area contributed by atoms with Gasteiger partial charge >= 0.3 is 6.18 Å². The molecule has 71 valence electrons. The molecule has 0 aromatic heterocycles. The predicted octanol–water partition coefficient (Wildman–Crippen LogP) is 2.65. The van der Waals surface area contributed by atoms with Gasteiger partial charge < -0.3 is 4.74 Å². The first-order valence-corrected chi connectivity index (χ1v) is 3.27. The molecule has 1 aromatic carbocycles. The van der Waals surface area contributed by atoms with Crippen molar-refractivity contribution >= 4 is 0 Å². The molecule has 0 spiro atoms. The zero-order valence-corrected chi connectivity index (χ0v) is 6.57. The van der Waals surface area contributed by atoms with E-state index in [4.69, 9.17) is 0 Å². The summed E-state index contributed by atoms with van der Waals surface area (Å²) in [4.78, 5) is 0. The summed E-state index contributed by atoms with van der Waals surface area (Å²) in [6.45, 7) is 0. The minimum Gasteiger partial charge on any atom is -0.496 e. The standard InChI is InChI=1S/C8H5F4O/c1-13-6-4-2-3-5(9)7(6)8(10,11)12/h3-4H,1H3. The highest BCUT2D eigenvalue weighted by Crippen LogP contribution is 2.37. The molecular formula is C8H5F4O. The van der Waals surface area contributed by atoms with Gasteiger partial charge in [-0.25, -0.2) is 4.39 Å². The summed E-state index contributed by atoms with van der Waals surface area (Å²) in [6, 6.07) is 3.75. The minimum absolute atomic E-state index is 0.562. The third kappa shape index (κ3) is 1.91. The zero-order chi connectivity index (χ0) is 10.1. The molecule has 1 aromatic rings. The fourth-order valence-corrected chi connectivity index (χ4v) is 0.889. The Morgan fingerprint density at radius 2 is 1.92 bits per heavy atom. The van der Waals surface area contributed by atoms with E-state index in [1.807, 2.05) is 0 Å². The number of ether oxygens (including phenoxy) is 1. The molecule has 1 rings (SSSR count). The molecule has 0 fully saturated rings. The van der Waals surface area contributed by atoms with E-state index in [2.05, 4.69) is 10.8 Å². The Hall–Kier alpha value is -1.26. The van der Waals surface area contributed by atoms with Crippen LogP contribution in [0, 0.1) is 11.9 Å². The lowest BCUT2D eigenvalue weighted by molar-refractivity contribution is -0.141. The van der Waals surface area contributed by atoms with E-state index >= 15 is 0 Å². The molecule has 1 radical (unpaired) electrons. The maximum absolute atomic E-state index is 12.7. The number of rotatable bonds is 1. The van der Waals surface area contributed by atoms with Gasteiger partial charge in [-0.1, -0.05) is 0 Å². The molecule has 0 atom stereocenters. The molecule has 0 saturated carbocycles. The fraction of sp³-hybridized carbons (Fsp3) is 0.250. The molecule has 0 bridgehead atoms. The molecule has 0 heterocycles. The molecular weight excluding hydrogens is 188 g/mol. The van der Waals surface area contributed by atoms with E-state index < -0.39 is 23.3 Å². The Morgan fingerprint density at radius 1 is 1.31 bits per heavy atom. The summed E-state index contributed by atoms with van der Waals surface area (Å²) in [7, 11) is 1.04. The first-order valence-electron chi connectivity index (χ1n) is 3.27. The number of hydrogen-bond acceptors (Lipinski definition) is 1. The lowest BCUT2D eigenvalue weighted by atomic mass is 10.2. The summed E-state index contributed by atoms with van der Waals surface area (Å²) >= 11 is 0. The Bertz CT molecular complexity index is 306. The lowest BCUT2D eigenvalue weighted by Crippen LogP contribution is -2.10. The van der Waals surface area contributed by atoms with E-state index in [0.717, 1.165) is 13.2 Å². The number of hydrogen-bond donors (Lipinski definition) is 0. The molecule has 5 heteroatoms. The van der Waals surface area contributed by atoms with Gasteiger partial charge in [-0.15, -0.1) is 0 Å². The summed E-state index contributed by atoms with van der Waals surface area (Å²) in [5.74, 6) is -1.95. The third-order valence-corrected chi connectivity index (χ3v) is 1.41. The monoisotopic (exact) mass is 193 g/mol. The van der Waals surface area contributed by atoms with Gasteiger partial charge in [-0.2, -0.15) is 13.2 Å². The SMILES string of the molecule is COc1c[c]cc(F)c1C(F)(F)F. The Balaban J connectivity index is 3.32. The molecule has 0 aliphatic rings. The van der Waals surface area contributed by atoms with E-state index in [0.29, 0.717) is 6.07 Å². The molecule has 13 heavy (non-hydrogen) atoms. The van der Waals surface area contributed by atoms with E-state index in [1.165, 1.54) is 0 Å². The summed E-state index contributed by atoms with van der Waals surface area (Å²) in [6.07, 6.45) is -4.75. The summed E-state index contributed by atoms with van der Waals surface area (Å²) in [5.41, 5.74) is -1.39. The molecule has 0 aliphatic heterocycles. The van der Waals surface area contributed by atoms with Crippen molar-refractivity contribution in [3.63, 3.8) is 0 Å². The normalized spacial score (nSPS) is 11.5. The Labute approximate surface area is 71.9 Å². The van der Waals surface area contributed by atoms with Gasteiger partial charge in [0.1, 0.15) is 17.1 Å². The second kappa shape index (κ2) is 3.24. The molecule has 0 saturated heterocycles. The van der Waals surface area contributed by atoms with Crippen LogP contribution in [0.15, 0.2) is 12.1 Å². The number of benzene rings is 1. The van der Waals surface area contributed by atoms with Crippen LogP contribution in [0.25, 0.3) is 0 Å². The van der Waals surface area contributed by atoms with Gasteiger partial charge in [-0.3, -0.25) is 0 Å². The smallest absolute Gasteiger partial charge is 0.422 e. The van der Waals surface area contributed by atoms with Crippen molar-refractivity contribution in [1.29, 1.82) is 0 Å². The topological polar surface area (TPSA) is 9.23 Å². The second-order valence-corrected chi connectivity index (χ2v) is 2.24. The van der Waals surface area contributed by atoms with Crippen molar-refractivity contribution in [2.75, 3.05) is 7.11 Å². The fourth-order valence-electron chi connectivity index (χ4n) is 0.889. The average Bonchev–Trinajstić information content (AvgIpc) is 2.01. The van der Waals surface area contributed by atoms with Crippen LogP contribution < -0.4 is 4.74 Å². The maximum Gasteiger partial charge on any atom is 0.422 e. The summed E-state index contributed by atoms with van der Waals surface area (Å²) in [5, 5.41) is 0. The number of methoxy groups -OCH3 is 1. The highest BCUT2D eigenvalue weighted by molar-refractivity contribution is 5.36. The van der Waals surface area contributed by atoms with E-state index in [9.17, 15) is 17.6 Å². The first-order chi connectivity index (χ1) is 5.96. The zero-order valence-electron chi connectivity index (χ0n) is 6.57. The highest BCUT2D eigenvalue weighted by atomic mass is 19.4. The second-order valence-electron chi connectivity index (χ2n) is 2.24. The first kappa shape index (κ1) is 9.83. The molecule has 1 nitrogen and oxygen atoms in total. The van der Waals surface area contributed by atoms with Crippen molar-refractivity contribution in [3.05, 3.63) is 29.6 Å². The quantitative estimate of drug-likeness (QED) is 0.623. The Kier molecular flexibility index (Phi) is 2.45. The van der Waals surface area contributed by atoms with Crippen molar-refractivity contribution in [2.24, 2.45) is 0 Å². The number of alkyl halides is 3. The van der Waals surface area contributed by atoms with Crippen LogP contribution in [0.5, 0.6) is 5.75 Å². The van der Waals surface area contributed by atoms with Crippen molar-refractivity contribution in [3.8, 4) is 5.75 Å². The molecule has 0 N–H and O–H groups in total. The van der Waals surface area contributed by atoms with Crippen LogP contribution in [0.2, 0.25) is 0 Å². The van der Waals surface area contributed by atoms with Crippen LogP contribution in [0.4, 0.5) is 17.6 Å². The molecule has 0 aliphatic carbocycles. The van der Waals surface area contributed by atoms with Crippen molar-refractivity contribution in [2.45, 2.75) is 6.18 Å². The van der Waals surface area contributed by atoms with Crippen molar-refractivity contribution < 1.29 is 22.3 Å². The highest BCUT2D eigenvalue weighted by Gasteiger charge is 2.37. The third-order valence-electron chi connectivity index (χ3n) is 1.41. The van der Waals surface area contributed by atoms with Crippen LogP contribution in [0.3, 0.4) is 0 Å².